The van der Waals surface area contributed by atoms with E-state index in [9.17, 15) is 8.42 Å². The van der Waals surface area contributed by atoms with Crippen molar-refractivity contribution in [2.45, 2.75) is 18.4 Å². The van der Waals surface area contributed by atoms with E-state index in [-0.39, 0.29) is 4.90 Å². The Morgan fingerprint density at radius 1 is 1.33 bits per heavy atom. The van der Waals surface area contributed by atoms with Crippen LogP contribution in [0.2, 0.25) is 0 Å². The first kappa shape index (κ1) is 16.8. The van der Waals surface area contributed by atoms with Gasteiger partial charge in [0, 0.05) is 23.1 Å². The number of nitrogens with zero attached hydrogens (tertiary/aromatic N) is 2. The van der Waals surface area contributed by atoms with Crippen molar-refractivity contribution in [1.29, 1.82) is 0 Å². The van der Waals surface area contributed by atoms with Crippen molar-refractivity contribution < 1.29 is 13.2 Å². The molecule has 0 aliphatic rings. The lowest BCUT2D eigenvalue weighted by atomic mass is 10.3. The van der Waals surface area contributed by atoms with E-state index in [1.54, 1.807) is 6.20 Å². The van der Waals surface area contributed by atoms with Gasteiger partial charge in [-0.3, -0.25) is 0 Å². The van der Waals surface area contributed by atoms with E-state index in [1.165, 1.54) is 12.1 Å². The molecule has 0 saturated carbocycles. The summed E-state index contributed by atoms with van der Waals surface area (Å²) in [6.07, 6.45) is 3.59. The number of aryl methyl sites for hydroxylation is 1. The van der Waals surface area contributed by atoms with Crippen molar-refractivity contribution in [2.75, 3.05) is 6.61 Å². The van der Waals surface area contributed by atoms with Gasteiger partial charge < -0.3 is 9.30 Å². The number of hydrogen-bond donors (Lipinski definition) is 0. The standard InChI is InChI=1S/C12H11Br2ClN2O3S/c1-8-16-2-3-17(8)4-5-20-12-10(13)6-9(7-11(12)14)21(15,18)19/h2-3,6-7H,4-5H2,1H3. The Labute approximate surface area is 144 Å². The predicted octanol–water partition coefficient (Wildman–Crippen LogP) is 3.72. The fraction of sp³-hybridized carbons (Fsp3) is 0.250. The third-order valence-corrected chi connectivity index (χ3v) is 5.27. The third kappa shape index (κ3) is 4.21. The molecule has 0 bridgehead atoms. The Bertz CT molecular complexity index is 739. The first-order valence-corrected chi connectivity index (χ1v) is 9.73. The van der Waals surface area contributed by atoms with Gasteiger partial charge in [0.2, 0.25) is 0 Å². The number of benzene rings is 1. The van der Waals surface area contributed by atoms with Crippen LogP contribution in [0.1, 0.15) is 5.82 Å². The van der Waals surface area contributed by atoms with Crippen molar-refractivity contribution in [2.24, 2.45) is 0 Å². The Balaban J connectivity index is 2.12. The van der Waals surface area contributed by atoms with Crippen molar-refractivity contribution in [3.8, 4) is 5.75 Å². The van der Waals surface area contributed by atoms with Gasteiger partial charge in [-0.1, -0.05) is 0 Å². The normalized spacial score (nSPS) is 11.6. The summed E-state index contributed by atoms with van der Waals surface area (Å²) in [4.78, 5) is 4.12. The fourth-order valence-electron chi connectivity index (χ4n) is 1.70. The van der Waals surface area contributed by atoms with E-state index < -0.39 is 9.05 Å². The van der Waals surface area contributed by atoms with Crippen molar-refractivity contribution in [3.63, 3.8) is 0 Å². The minimum atomic E-state index is -3.78. The van der Waals surface area contributed by atoms with Gasteiger partial charge in [0.25, 0.3) is 9.05 Å². The molecule has 1 aromatic carbocycles. The number of imidazole rings is 1. The molecule has 21 heavy (non-hydrogen) atoms. The summed E-state index contributed by atoms with van der Waals surface area (Å²) < 4.78 is 31.3. The smallest absolute Gasteiger partial charge is 0.261 e. The number of hydrogen-bond acceptors (Lipinski definition) is 4. The molecule has 0 unspecified atom stereocenters. The summed E-state index contributed by atoms with van der Waals surface area (Å²) in [7, 11) is 1.54. The maximum atomic E-state index is 11.3. The molecule has 0 atom stereocenters. The molecule has 0 spiro atoms. The van der Waals surface area contributed by atoms with Gasteiger partial charge in [0.05, 0.1) is 20.4 Å². The number of rotatable bonds is 5. The van der Waals surface area contributed by atoms with Gasteiger partial charge in [-0.2, -0.15) is 0 Å². The Morgan fingerprint density at radius 3 is 2.43 bits per heavy atom. The zero-order valence-corrected chi connectivity index (χ0v) is 15.6. The molecule has 114 valence electrons. The molecule has 0 amide bonds. The van der Waals surface area contributed by atoms with Crippen LogP contribution in [-0.2, 0) is 15.6 Å². The third-order valence-electron chi connectivity index (χ3n) is 2.76. The van der Waals surface area contributed by atoms with Gasteiger partial charge in [-0.25, -0.2) is 13.4 Å². The highest BCUT2D eigenvalue weighted by molar-refractivity contribution is 9.11. The second-order valence-corrected chi connectivity index (χ2v) is 8.44. The van der Waals surface area contributed by atoms with Gasteiger partial charge in [-0.15, -0.1) is 0 Å². The molecule has 2 rings (SSSR count). The molecule has 9 heteroatoms. The van der Waals surface area contributed by atoms with Crippen molar-refractivity contribution in [3.05, 3.63) is 39.3 Å². The predicted molar refractivity (Wildman–Crippen MR) is 87.3 cm³/mol. The van der Waals surface area contributed by atoms with E-state index in [4.69, 9.17) is 15.4 Å². The van der Waals surface area contributed by atoms with Crippen LogP contribution in [0.3, 0.4) is 0 Å². The minimum absolute atomic E-state index is 0.000667. The van der Waals surface area contributed by atoms with Crippen LogP contribution < -0.4 is 4.74 Å². The molecule has 0 radical (unpaired) electrons. The van der Waals surface area contributed by atoms with Gasteiger partial charge in [-0.05, 0) is 50.9 Å². The molecule has 1 heterocycles. The Kier molecular flexibility index (Phi) is 5.34. The molecule has 0 saturated heterocycles. The quantitative estimate of drug-likeness (QED) is 0.641. The Morgan fingerprint density at radius 2 is 1.95 bits per heavy atom. The fourth-order valence-corrected chi connectivity index (χ4v) is 4.20. The van der Waals surface area contributed by atoms with Crippen LogP contribution in [0.25, 0.3) is 0 Å². The largest absolute Gasteiger partial charge is 0.489 e. The van der Waals surface area contributed by atoms with E-state index in [0.717, 1.165) is 5.82 Å². The molecular formula is C12H11Br2ClN2O3S. The van der Waals surface area contributed by atoms with Crippen LogP contribution in [-0.4, -0.2) is 24.6 Å². The van der Waals surface area contributed by atoms with Gasteiger partial charge in [0.15, 0.2) is 0 Å². The average Bonchev–Trinajstić information content (AvgIpc) is 2.77. The summed E-state index contributed by atoms with van der Waals surface area (Å²) in [6.45, 7) is 2.97. The van der Waals surface area contributed by atoms with Gasteiger partial charge in [0.1, 0.15) is 18.2 Å². The lowest BCUT2D eigenvalue weighted by Gasteiger charge is -2.12. The Hall–Kier alpha value is -0.570. The molecule has 2 aromatic rings. The second-order valence-electron chi connectivity index (χ2n) is 4.17. The van der Waals surface area contributed by atoms with Crippen molar-refractivity contribution >= 4 is 51.6 Å². The molecule has 1 aromatic heterocycles. The summed E-state index contributed by atoms with van der Waals surface area (Å²) in [5, 5.41) is 0. The lowest BCUT2D eigenvalue weighted by Crippen LogP contribution is -2.09. The number of ether oxygens (including phenoxy) is 1. The monoisotopic (exact) mass is 456 g/mol. The molecular weight excluding hydrogens is 447 g/mol. The highest BCUT2D eigenvalue weighted by atomic mass is 79.9. The van der Waals surface area contributed by atoms with Crippen LogP contribution in [0, 0.1) is 6.92 Å². The summed E-state index contributed by atoms with van der Waals surface area (Å²) >= 11 is 6.57. The molecule has 0 N–H and O–H groups in total. The molecule has 0 aliphatic heterocycles. The van der Waals surface area contributed by atoms with E-state index in [1.807, 2.05) is 17.7 Å². The summed E-state index contributed by atoms with van der Waals surface area (Å²) in [6, 6.07) is 2.82. The number of halogens is 3. The molecule has 0 fully saturated rings. The first-order chi connectivity index (χ1) is 9.79. The topological polar surface area (TPSA) is 61.2 Å². The van der Waals surface area contributed by atoms with Crippen LogP contribution in [0.4, 0.5) is 0 Å². The maximum Gasteiger partial charge on any atom is 0.261 e. The average molecular weight is 459 g/mol. The molecule has 5 nitrogen and oxygen atoms in total. The minimum Gasteiger partial charge on any atom is -0.489 e. The zero-order valence-electron chi connectivity index (χ0n) is 10.9. The zero-order chi connectivity index (χ0) is 15.6. The van der Waals surface area contributed by atoms with E-state index in [0.29, 0.717) is 27.8 Å². The SMILES string of the molecule is Cc1nccn1CCOc1c(Br)cc(S(=O)(=O)Cl)cc1Br. The maximum absolute atomic E-state index is 11.3. The number of aromatic nitrogens is 2. The summed E-state index contributed by atoms with van der Waals surface area (Å²) in [5.41, 5.74) is 0. The van der Waals surface area contributed by atoms with Crippen molar-refractivity contribution in [1.82, 2.24) is 9.55 Å². The van der Waals surface area contributed by atoms with Crippen LogP contribution >= 0.6 is 42.5 Å². The van der Waals surface area contributed by atoms with Crippen LogP contribution in [0.5, 0.6) is 5.75 Å². The van der Waals surface area contributed by atoms with Gasteiger partial charge >= 0.3 is 0 Å². The summed E-state index contributed by atoms with van der Waals surface area (Å²) in [5.74, 6) is 1.43. The second kappa shape index (κ2) is 6.68. The molecule has 0 aliphatic carbocycles. The first-order valence-electron chi connectivity index (χ1n) is 5.83. The van der Waals surface area contributed by atoms with E-state index in [2.05, 4.69) is 36.8 Å². The lowest BCUT2D eigenvalue weighted by molar-refractivity contribution is 0.293. The van der Waals surface area contributed by atoms with E-state index >= 15 is 0 Å². The highest BCUT2D eigenvalue weighted by Gasteiger charge is 2.16. The van der Waals surface area contributed by atoms with Crippen LogP contribution in [0.15, 0.2) is 38.4 Å². The highest BCUT2D eigenvalue weighted by Crippen LogP contribution is 2.36.